The summed E-state index contributed by atoms with van der Waals surface area (Å²) >= 11 is 11.7. The van der Waals surface area contributed by atoms with Crippen molar-refractivity contribution in [2.75, 3.05) is 11.1 Å². The number of nitrogen functional groups attached to an aromatic ring is 1. The third kappa shape index (κ3) is 6.66. The number of hydrogen-bond acceptors (Lipinski definition) is 13. The molecular formula is C30H20Cl2N5NaO9S3. The standard InChI is InChI=1S/C30H21Cl2N5O9S3.Na/c1-13-9-16(48(42,43)37-47(40,41)15-7-8-19-20(11-15)36-30(32)29(31)35-19)10-14(2)26(13)34-21-12-22(49(44,45)46)25(33)24-23(21)27(38)17-5-3-4-6-18(17)28(24)39;/h3-12,34,37H,33H2,1-2H3,(H,44,45,46);/q;+1/p-1. The summed E-state index contributed by atoms with van der Waals surface area (Å²) in [6.07, 6.45) is 0. The average Bonchev–Trinajstić information content (AvgIpc) is 3.01. The van der Waals surface area contributed by atoms with Crippen molar-refractivity contribution < 1.29 is 69.0 Å². The van der Waals surface area contributed by atoms with Crippen molar-refractivity contribution in [1.29, 1.82) is 0 Å². The first-order valence-corrected chi connectivity index (χ1v) is 18.8. The molecule has 0 radical (unpaired) electrons. The van der Waals surface area contributed by atoms with Crippen LogP contribution in [0.15, 0.2) is 75.4 Å². The van der Waals surface area contributed by atoms with Crippen molar-refractivity contribution >= 4 is 93.0 Å². The van der Waals surface area contributed by atoms with Crippen LogP contribution in [0.1, 0.15) is 43.0 Å². The summed E-state index contributed by atoms with van der Waals surface area (Å²) in [7, 11) is -14.7. The molecule has 4 N–H and O–H groups in total. The number of aromatic nitrogens is 2. The number of halogens is 2. The van der Waals surface area contributed by atoms with Gasteiger partial charge in [-0.1, -0.05) is 47.5 Å². The monoisotopic (exact) mass is 783 g/mol. The topological polar surface area (TPSA) is 235 Å². The van der Waals surface area contributed by atoms with Gasteiger partial charge in [-0.15, -0.1) is 4.13 Å². The fourth-order valence-electron chi connectivity index (χ4n) is 5.41. The van der Waals surface area contributed by atoms with Crippen LogP contribution in [0.3, 0.4) is 0 Å². The van der Waals surface area contributed by atoms with E-state index >= 15 is 0 Å². The third-order valence-corrected chi connectivity index (χ3v) is 12.6. The van der Waals surface area contributed by atoms with Crippen LogP contribution < -0.4 is 44.7 Å². The second-order valence-corrected chi connectivity index (χ2v) is 16.5. The number of rotatable bonds is 7. The van der Waals surface area contributed by atoms with Crippen LogP contribution >= 0.6 is 23.2 Å². The minimum absolute atomic E-state index is 0. The second-order valence-electron chi connectivity index (χ2n) is 10.8. The Morgan fingerprint density at radius 3 is 1.80 bits per heavy atom. The number of nitrogens with zero attached hydrogens (tertiary/aromatic N) is 2. The smallest absolute Gasteiger partial charge is 0.744 e. The minimum Gasteiger partial charge on any atom is -0.744 e. The van der Waals surface area contributed by atoms with Crippen LogP contribution in [-0.2, 0) is 30.2 Å². The van der Waals surface area contributed by atoms with Crippen LogP contribution in [0.4, 0.5) is 17.1 Å². The maximum absolute atomic E-state index is 13.6. The predicted molar refractivity (Wildman–Crippen MR) is 178 cm³/mol. The molecule has 0 spiro atoms. The zero-order valence-electron chi connectivity index (χ0n) is 25.9. The average molecular weight is 785 g/mol. The summed E-state index contributed by atoms with van der Waals surface area (Å²) in [6, 6.07) is 12.3. The normalized spacial score (nSPS) is 13.1. The van der Waals surface area contributed by atoms with E-state index in [1.54, 1.807) is 4.13 Å². The summed E-state index contributed by atoms with van der Waals surface area (Å²) in [5, 5.41) is 2.58. The molecule has 252 valence electrons. The van der Waals surface area contributed by atoms with Gasteiger partial charge in [0.1, 0.15) is 10.1 Å². The zero-order chi connectivity index (χ0) is 35.8. The molecule has 0 amide bonds. The van der Waals surface area contributed by atoms with Gasteiger partial charge in [-0.05, 0) is 61.4 Å². The number of fused-ring (bicyclic) bond motifs is 3. The van der Waals surface area contributed by atoms with E-state index in [4.69, 9.17) is 28.9 Å². The van der Waals surface area contributed by atoms with Gasteiger partial charge < -0.3 is 15.6 Å². The molecule has 5 aromatic rings. The number of ketones is 2. The number of sulfonamides is 2. The number of nitrogens with two attached hydrogens (primary N) is 1. The first kappa shape index (κ1) is 37.8. The van der Waals surface area contributed by atoms with Gasteiger partial charge in [0, 0.05) is 16.8 Å². The molecule has 0 saturated heterocycles. The van der Waals surface area contributed by atoms with Gasteiger partial charge in [-0.3, -0.25) is 9.59 Å². The molecule has 0 atom stereocenters. The summed E-state index contributed by atoms with van der Waals surface area (Å²) in [4.78, 5) is 33.2. The van der Waals surface area contributed by atoms with E-state index in [0.717, 1.165) is 30.3 Å². The van der Waals surface area contributed by atoms with Crippen molar-refractivity contribution in [3.8, 4) is 0 Å². The molecule has 0 saturated carbocycles. The van der Waals surface area contributed by atoms with Crippen LogP contribution in [0.5, 0.6) is 0 Å². The zero-order valence-corrected chi connectivity index (χ0v) is 31.9. The van der Waals surface area contributed by atoms with Crippen LogP contribution in [-0.4, -0.2) is 51.3 Å². The fraction of sp³-hybridized carbons (Fsp3) is 0.0667. The Hall–Kier alpha value is -3.49. The molecule has 0 fully saturated rings. The van der Waals surface area contributed by atoms with Gasteiger partial charge in [0.25, 0.3) is 20.0 Å². The SMILES string of the molecule is Cc1cc(S(=O)(=O)NS(=O)(=O)c2ccc3nc(Cl)c(Cl)nc3c2)cc(C)c1Nc1cc(S(=O)(=O)[O-])c(N)c2c1C(=O)c1ccccc1C2=O.[Na+]. The van der Waals surface area contributed by atoms with Crippen LogP contribution in [0.25, 0.3) is 11.0 Å². The first-order valence-electron chi connectivity index (χ1n) is 13.7. The Kier molecular flexibility index (Phi) is 10.0. The van der Waals surface area contributed by atoms with E-state index in [-0.39, 0.29) is 90.1 Å². The van der Waals surface area contributed by atoms with E-state index in [2.05, 4.69) is 15.3 Å². The molecule has 1 aromatic heterocycles. The molecule has 50 heavy (non-hydrogen) atoms. The predicted octanol–water partition coefficient (Wildman–Crippen LogP) is 1.23. The summed E-state index contributed by atoms with van der Waals surface area (Å²) in [5.41, 5.74) is 5.08. The van der Waals surface area contributed by atoms with Crippen molar-refractivity contribution in [2.24, 2.45) is 0 Å². The minimum atomic E-state index is -5.25. The maximum Gasteiger partial charge on any atom is 1.00 e. The first-order chi connectivity index (χ1) is 22.8. The van der Waals surface area contributed by atoms with Gasteiger partial charge in [0.15, 0.2) is 21.9 Å². The molecule has 14 nitrogen and oxygen atoms in total. The number of carbonyl (C=O) groups is 2. The van der Waals surface area contributed by atoms with Gasteiger partial charge in [0.05, 0.1) is 48.2 Å². The molecule has 20 heteroatoms. The molecule has 1 aliphatic carbocycles. The Balaban J connectivity index is 0.00000486. The Morgan fingerprint density at radius 1 is 0.720 bits per heavy atom. The van der Waals surface area contributed by atoms with Crippen molar-refractivity contribution in [1.82, 2.24) is 14.1 Å². The molecule has 1 heterocycles. The Labute approximate surface area is 317 Å². The van der Waals surface area contributed by atoms with E-state index in [1.165, 1.54) is 44.2 Å². The van der Waals surface area contributed by atoms with Gasteiger partial charge in [-0.2, -0.15) is 0 Å². The van der Waals surface area contributed by atoms with E-state index in [9.17, 15) is 39.4 Å². The molecule has 0 bridgehead atoms. The number of aryl methyl sites for hydroxylation is 2. The number of nitrogens with one attached hydrogen (secondary N) is 2. The summed E-state index contributed by atoms with van der Waals surface area (Å²) < 4.78 is 91.3. The molecule has 1 aliphatic rings. The summed E-state index contributed by atoms with van der Waals surface area (Å²) in [6.45, 7) is 2.91. The molecule has 6 rings (SSSR count). The number of anilines is 3. The largest absolute Gasteiger partial charge is 1.00 e. The molecular weight excluding hydrogens is 764 g/mol. The van der Waals surface area contributed by atoms with Crippen molar-refractivity contribution in [3.05, 3.63) is 104 Å². The third-order valence-electron chi connectivity index (χ3n) is 7.63. The van der Waals surface area contributed by atoms with Crippen molar-refractivity contribution in [3.63, 3.8) is 0 Å². The summed E-state index contributed by atoms with van der Waals surface area (Å²) in [5.74, 6) is -1.45. The van der Waals surface area contributed by atoms with Gasteiger partial charge in [-0.25, -0.2) is 35.2 Å². The van der Waals surface area contributed by atoms with E-state index in [0.29, 0.717) is 0 Å². The Bertz CT molecular complexity index is 2650. The van der Waals surface area contributed by atoms with Crippen LogP contribution in [0, 0.1) is 13.8 Å². The van der Waals surface area contributed by atoms with Gasteiger partial charge in [0.2, 0.25) is 0 Å². The number of hydrogen-bond donors (Lipinski definition) is 3. The Morgan fingerprint density at radius 2 is 1.24 bits per heavy atom. The van der Waals surface area contributed by atoms with Crippen molar-refractivity contribution in [2.45, 2.75) is 28.5 Å². The van der Waals surface area contributed by atoms with E-state index < -0.39 is 67.7 Å². The fourth-order valence-corrected chi connectivity index (χ4v) is 9.41. The maximum atomic E-state index is 13.6. The molecule has 4 aromatic carbocycles. The number of carbonyl (C=O) groups excluding carboxylic acids is 2. The van der Waals surface area contributed by atoms with Gasteiger partial charge >= 0.3 is 29.6 Å². The van der Waals surface area contributed by atoms with E-state index in [1.807, 2.05) is 0 Å². The molecule has 0 unspecified atom stereocenters. The van der Waals surface area contributed by atoms with Crippen LogP contribution in [0.2, 0.25) is 10.3 Å². The second kappa shape index (κ2) is 13.2. The number of benzene rings is 4. The quantitative estimate of drug-likeness (QED) is 0.118. The molecule has 0 aliphatic heterocycles.